The number of nitrogens with zero attached hydrogens (tertiary/aromatic N) is 2. The molecule has 1 aromatic rings. The zero-order valence-corrected chi connectivity index (χ0v) is 11.8. The van der Waals surface area contributed by atoms with E-state index in [2.05, 4.69) is 15.5 Å². The normalized spacial score (nSPS) is 18.9. The van der Waals surface area contributed by atoms with Gasteiger partial charge in [-0.15, -0.1) is 10.2 Å². The van der Waals surface area contributed by atoms with Crippen molar-refractivity contribution in [1.29, 1.82) is 0 Å². The molecule has 1 aromatic heterocycles. The number of hydrogen-bond donors (Lipinski definition) is 1. The summed E-state index contributed by atoms with van der Waals surface area (Å²) in [7, 11) is 0. The zero-order chi connectivity index (χ0) is 14.2. The van der Waals surface area contributed by atoms with Crippen LogP contribution in [0.2, 0.25) is 0 Å². The topological polar surface area (TPSA) is 86.5 Å². The Balaban J connectivity index is 1.57. The summed E-state index contributed by atoms with van der Waals surface area (Å²) in [6, 6.07) is 0. The van der Waals surface area contributed by atoms with Gasteiger partial charge in [0.2, 0.25) is 17.7 Å². The fourth-order valence-electron chi connectivity index (χ4n) is 1.95. The number of aryl methyl sites for hydroxylation is 1. The second kappa shape index (κ2) is 7.96. The summed E-state index contributed by atoms with van der Waals surface area (Å²) >= 11 is 0. The van der Waals surface area contributed by atoms with E-state index in [-0.39, 0.29) is 25.2 Å². The van der Waals surface area contributed by atoms with E-state index >= 15 is 0 Å². The maximum absolute atomic E-state index is 11.6. The number of rotatable bonds is 7. The Hall–Kier alpha value is -1.47. The van der Waals surface area contributed by atoms with E-state index in [4.69, 9.17) is 13.9 Å². The average molecular weight is 283 g/mol. The van der Waals surface area contributed by atoms with E-state index in [1.165, 1.54) is 0 Å². The van der Waals surface area contributed by atoms with Gasteiger partial charge in [-0.25, -0.2) is 0 Å². The lowest BCUT2D eigenvalue weighted by atomic mass is 10.1. The lowest BCUT2D eigenvalue weighted by Gasteiger charge is -2.22. The first-order valence-corrected chi connectivity index (χ1v) is 7.05. The van der Waals surface area contributed by atoms with Crippen LogP contribution in [-0.2, 0) is 27.2 Å². The molecule has 0 bridgehead atoms. The van der Waals surface area contributed by atoms with Crippen molar-refractivity contribution in [2.24, 2.45) is 0 Å². The summed E-state index contributed by atoms with van der Waals surface area (Å²) in [6.07, 6.45) is 4.09. The van der Waals surface area contributed by atoms with E-state index in [1.54, 1.807) is 0 Å². The molecule has 1 N–H and O–H groups in total. The second-order valence-corrected chi connectivity index (χ2v) is 4.72. The number of carbonyl (C=O) groups excluding carboxylic acids is 1. The van der Waals surface area contributed by atoms with E-state index < -0.39 is 0 Å². The highest BCUT2D eigenvalue weighted by Gasteiger charge is 2.14. The third-order valence-corrected chi connectivity index (χ3v) is 3.06. The molecule has 1 fully saturated rings. The number of nitrogens with one attached hydrogen (secondary N) is 1. The standard InChI is InChI=1S/C13H21N3O4/c1-2-12-15-16-13(20-12)7-14-11(17)9-18-8-10-5-3-4-6-19-10/h10H,2-9H2,1H3,(H,14,17)/t10-/m1/s1. The minimum atomic E-state index is -0.197. The predicted molar refractivity (Wildman–Crippen MR) is 69.9 cm³/mol. The average Bonchev–Trinajstić information content (AvgIpc) is 2.94. The smallest absolute Gasteiger partial charge is 0.246 e. The third-order valence-electron chi connectivity index (χ3n) is 3.06. The van der Waals surface area contributed by atoms with Crippen LogP contribution in [0.25, 0.3) is 0 Å². The minimum Gasteiger partial charge on any atom is -0.423 e. The van der Waals surface area contributed by atoms with Crippen molar-refractivity contribution in [2.45, 2.75) is 45.3 Å². The summed E-state index contributed by atoms with van der Waals surface area (Å²) in [5.74, 6) is 0.780. The molecular weight excluding hydrogens is 262 g/mol. The monoisotopic (exact) mass is 283 g/mol. The molecule has 2 heterocycles. The highest BCUT2D eigenvalue weighted by atomic mass is 16.5. The van der Waals surface area contributed by atoms with Crippen molar-refractivity contribution in [3.63, 3.8) is 0 Å². The number of hydrogen-bond acceptors (Lipinski definition) is 6. The van der Waals surface area contributed by atoms with Crippen LogP contribution >= 0.6 is 0 Å². The molecule has 1 amide bonds. The third kappa shape index (κ3) is 4.90. The van der Waals surface area contributed by atoms with Gasteiger partial charge in [0.15, 0.2) is 0 Å². The first kappa shape index (κ1) is 14.9. The SMILES string of the molecule is CCc1nnc(CNC(=O)COC[C@H]2CCCCO2)o1. The van der Waals surface area contributed by atoms with Gasteiger partial charge >= 0.3 is 0 Å². The van der Waals surface area contributed by atoms with Gasteiger partial charge in [0.1, 0.15) is 6.61 Å². The molecule has 0 radical (unpaired) electrons. The van der Waals surface area contributed by atoms with Crippen LogP contribution in [0, 0.1) is 0 Å². The summed E-state index contributed by atoms with van der Waals surface area (Å²) in [6.45, 7) is 3.44. The van der Waals surface area contributed by atoms with Gasteiger partial charge < -0.3 is 19.2 Å². The van der Waals surface area contributed by atoms with Crippen molar-refractivity contribution >= 4 is 5.91 Å². The van der Waals surface area contributed by atoms with Crippen molar-refractivity contribution in [2.75, 3.05) is 19.8 Å². The predicted octanol–water partition coefficient (Wildman–Crippen LogP) is 0.834. The van der Waals surface area contributed by atoms with Crippen LogP contribution in [0.1, 0.15) is 38.0 Å². The van der Waals surface area contributed by atoms with Crippen LogP contribution in [0.4, 0.5) is 0 Å². The Kier molecular flexibility index (Phi) is 5.94. The molecule has 7 heteroatoms. The summed E-state index contributed by atoms with van der Waals surface area (Å²) in [5.41, 5.74) is 0. The lowest BCUT2D eigenvalue weighted by Crippen LogP contribution is -2.30. The molecule has 7 nitrogen and oxygen atoms in total. The first-order chi connectivity index (χ1) is 9.78. The number of carbonyl (C=O) groups is 1. The molecule has 1 aliphatic rings. The molecule has 0 unspecified atom stereocenters. The lowest BCUT2D eigenvalue weighted by molar-refractivity contribution is -0.128. The quantitative estimate of drug-likeness (QED) is 0.797. The molecule has 1 aliphatic heterocycles. The maximum atomic E-state index is 11.6. The molecule has 2 rings (SSSR count). The minimum absolute atomic E-state index is 0.0225. The summed E-state index contributed by atoms with van der Waals surface area (Å²) < 4.78 is 16.1. The Morgan fingerprint density at radius 3 is 2.95 bits per heavy atom. The Labute approximate surface area is 118 Å². The van der Waals surface area contributed by atoms with Crippen molar-refractivity contribution in [3.05, 3.63) is 11.8 Å². The van der Waals surface area contributed by atoms with Gasteiger partial charge in [0.05, 0.1) is 19.3 Å². The fourth-order valence-corrected chi connectivity index (χ4v) is 1.95. The Bertz CT molecular complexity index is 416. The molecule has 112 valence electrons. The molecule has 0 spiro atoms. The summed E-state index contributed by atoms with van der Waals surface area (Å²) in [4.78, 5) is 11.6. The van der Waals surface area contributed by atoms with Gasteiger partial charge in [0.25, 0.3) is 0 Å². The number of ether oxygens (including phenoxy) is 2. The zero-order valence-electron chi connectivity index (χ0n) is 11.8. The largest absolute Gasteiger partial charge is 0.423 e. The van der Waals surface area contributed by atoms with E-state index in [9.17, 15) is 4.79 Å². The summed E-state index contributed by atoms with van der Waals surface area (Å²) in [5, 5.41) is 10.3. The molecule has 0 aromatic carbocycles. The van der Waals surface area contributed by atoms with E-state index in [0.29, 0.717) is 24.8 Å². The fraction of sp³-hybridized carbons (Fsp3) is 0.769. The van der Waals surface area contributed by atoms with E-state index in [1.807, 2.05) is 6.92 Å². The van der Waals surface area contributed by atoms with Gasteiger partial charge in [-0.3, -0.25) is 4.79 Å². The van der Waals surface area contributed by atoms with Gasteiger partial charge in [-0.1, -0.05) is 6.92 Å². The van der Waals surface area contributed by atoms with Crippen molar-refractivity contribution < 1.29 is 18.7 Å². The van der Waals surface area contributed by atoms with Crippen molar-refractivity contribution in [3.8, 4) is 0 Å². The van der Waals surface area contributed by atoms with Crippen LogP contribution in [0.5, 0.6) is 0 Å². The van der Waals surface area contributed by atoms with Crippen LogP contribution in [0.15, 0.2) is 4.42 Å². The molecule has 1 atom stereocenters. The molecule has 1 saturated heterocycles. The number of aromatic nitrogens is 2. The molecule has 0 aliphatic carbocycles. The highest BCUT2D eigenvalue weighted by Crippen LogP contribution is 2.12. The Morgan fingerprint density at radius 2 is 2.25 bits per heavy atom. The second-order valence-electron chi connectivity index (χ2n) is 4.72. The van der Waals surface area contributed by atoms with Gasteiger partial charge in [-0.2, -0.15) is 0 Å². The molecule has 20 heavy (non-hydrogen) atoms. The van der Waals surface area contributed by atoms with Gasteiger partial charge in [-0.05, 0) is 19.3 Å². The Morgan fingerprint density at radius 1 is 1.40 bits per heavy atom. The molecular formula is C13H21N3O4. The maximum Gasteiger partial charge on any atom is 0.246 e. The molecule has 0 saturated carbocycles. The highest BCUT2D eigenvalue weighted by molar-refractivity contribution is 5.76. The van der Waals surface area contributed by atoms with Crippen LogP contribution < -0.4 is 5.32 Å². The first-order valence-electron chi connectivity index (χ1n) is 7.05. The van der Waals surface area contributed by atoms with Crippen LogP contribution in [-0.4, -0.2) is 42.0 Å². The van der Waals surface area contributed by atoms with Crippen LogP contribution in [0.3, 0.4) is 0 Å². The van der Waals surface area contributed by atoms with E-state index in [0.717, 1.165) is 25.9 Å². The van der Waals surface area contributed by atoms with Crippen molar-refractivity contribution in [1.82, 2.24) is 15.5 Å². The number of amides is 1. The van der Waals surface area contributed by atoms with Gasteiger partial charge in [0, 0.05) is 13.0 Å².